The highest BCUT2D eigenvalue weighted by Crippen LogP contribution is 2.43. The highest BCUT2D eigenvalue weighted by atomic mass is 16.5. The van der Waals surface area contributed by atoms with E-state index in [9.17, 15) is 10.5 Å². The normalized spacial score (nSPS) is 15.7. The molecule has 0 radical (unpaired) electrons. The quantitative estimate of drug-likeness (QED) is 0.131. The summed E-state index contributed by atoms with van der Waals surface area (Å²) < 4.78 is 6.22. The van der Waals surface area contributed by atoms with E-state index in [2.05, 4.69) is 108 Å². The van der Waals surface area contributed by atoms with E-state index in [1.165, 1.54) is 37.9 Å². The Morgan fingerprint density at radius 1 is 0.654 bits per heavy atom. The van der Waals surface area contributed by atoms with Gasteiger partial charge in [0.2, 0.25) is 0 Å². The van der Waals surface area contributed by atoms with Crippen LogP contribution in [0.25, 0.3) is 44.2 Å². The molecule has 0 aliphatic carbocycles. The van der Waals surface area contributed by atoms with Crippen LogP contribution in [0, 0.1) is 22.7 Å². The van der Waals surface area contributed by atoms with Gasteiger partial charge in [-0.1, -0.05) is 133 Å². The SMILES string of the molecule is N#CC(C#N)=C1C=C(/C=C/c2ccc(N3N=C(c4ccccc4)CC3c3ccc4ccc5cccc6ccc3c4c56)cc2)OC(c2ccccc2)=C1. The molecule has 0 saturated heterocycles. The van der Waals surface area contributed by atoms with Crippen molar-refractivity contribution in [1.82, 2.24) is 0 Å². The van der Waals surface area contributed by atoms with Crippen molar-refractivity contribution in [2.45, 2.75) is 12.5 Å². The van der Waals surface area contributed by atoms with Crippen LogP contribution in [0.2, 0.25) is 0 Å². The minimum absolute atomic E-state index is 0.00447. The van der Waals surface area contributed by atoms with Crippen LogP contribution in [-0.4, -0.2) is 5.71 Å². The van der Waals surface area contributed by atoms with Crippen molar-refractivity contribution in [3.05, 3.63) is 197 Å². The standard InChI is InChI=1S/C47H30N4O/c48-29-38(30-49)37-26-40(52-45(27-37)33-10-5-2-6-11-33)23-16-31-14-21-39(22-15-31)51-44(28-43(50-51)32-8-3-1-4-9-32)41-24-19-36-18-17-34-12-7-13-35-20-25-42(41)47(36)46(34)35/h1-27,44H,28H2/b23-16+. The van der Waals surface area contributed by atoms with E-state index in [-0.39, 0.29) is 11.6 Å². The molecule has 0 aromatic heterocycles. The van der Waals surface area contributed by atoms with Crippen molar-refractivity contribution < 1.29 is 4.74 Å². The lowest BCUT2D eigenvalue weighted by atomic mass is 9.88. The molecule has 0 spiro atoms. The van der Waals surface area contributed by atoms with E-state index in [1.54, 1.807) is 12.2 Å². The van der Waals surface area contributed by atoms with Crippen LogP contribution in [0.3, 0.4) is 0 Å². The summed E-state index contributed by atoms with van der Waals surface area (Å²) in [6, 6.07) is 52.5. The summed E-state index contributed by atoms with van der Waals surface area (Å²) in [4.78, 5) is 0. The maximum Gasteiger partial charge on any atom is 0.137 e. The van der Waals surface area contributed by atoms with Gasteiger partial charge in [-0.05, 0) is 79.4 Å². The molecule has 5 heteroatoms. The van der Waals surface area contributed by atoms with Crippen molar-refractivity contribution in [3.8, 4) is 12.1 Å². The number of benzene rings is 7. The van der Waals surface area contributed by atoms with E-state index in [0.717, 1.165) is 34.5 Å². The van der Waals surface area contributed by atoms with E-state index < -0.39 is 0 Å². The molecule has 5 nitrogen and oxygen atoms in total. The topological polar surface area (TPSA) is 72.4 Å². The van der Waals surface area contributed by atoms with Crippen molar-refractivity contribution in [3.63, 3.8) is 0 Å². The van der Waals surface area contributed by atoms with Crippen molar-refractivity contribution >= 4 is 55.6 Å². The van der Waals surface area contributed by atoms with Gasteiger partial charge in [0.05, 0.1) is 17.4 Å². The Labute approximate surface area is 301 Å². The third-order valence-corrected chi connectivity index (χ3v) is 9.92. The molecule has 1 atom stereocenters. The molecule has 7 aromatic rings. The Morgan fingerprint density at radius 2 is 1.31 bits per heavy atom. The van der Waals surface area contributed by atoms with Gasteiger partial charge < -0.3 is 4.74 Å². The number of ether oxygens (including phenoxy) is 1. The fraction of sp³-hybridized carbons (Fsp3) is 0.0426. The molecule has 52 heavy (non-hydrogen) atoms. The van der Waals surface area contributed by atoms with Crippen LogP contribution in [0.5, 0.6) is 0 Å². The third kappa shape index (κ3) is 5.48. The number of allylic oxidation sites excluding steroid dienone is 5. The van der Waals surface area contributed by atoms with Gasteiger partial charge in [0.1, 0.15) is 29.2 Å². The van der Waals surface area contributed by atoms with Crippen LogP contribution in [0.15, 0.2) is 180 Å². The van der Waals surface area contributed by atoms with Crippen molar-refractivity contribution in [2.75, 3.05) is 5.01 Å². The molecule has 0 bridgehead atoms. The Hall–Kier alpha value is -7.21. The number of anilines is 1. The number of rotatable bonds is 6. The summed E-state index contributed by atoms with van der Waals surface area (Å²) in [6.45, 7) is 0. The van der Waals surface area contributed by atoms with Crippen LogP contribution in [0.4, 0.5) is 5.69 Å². The number of nitriles is 2. The minimum Gasteiger partial charge on any atom is -0.457 e. The van der Waals surface area contributed by atoms with E-state index in [4.69, 9.17) is 9.84 Å². The minimum atomic E-state index is 0.00447. The van der Waals surface area contributed by atoms with E-state index in [1.807, 2.05) is 60.7 Å². The molecular weight excluding hydrogens is 637 g/mol. The van der Waals surface area contributed by atoms with Gasteiger partial charge >= 0.3 is 0 Å². The van der Waals surface area contributed by atoms with Gasteiger partial charge in [-0.3, -0.25) is 5.01 Å². The molecule has 2 heterocycles. The predicted octanol–water partition coefficient (Wildman–Crippen LogP) is 11.3. The van der Waals surface area contributed by atoms with Gasteiger partial charge in [-0.25, -0.2) is 0 Å². The lowest BCUT2D eigenvalue weighted by Crippen LogP contribution is -2.19. The lowest BCUT2D eigenvalue weighted by molar-refractivity contribution is 0.396. The molecule has 0 saturated carbocycles. The maximum absolute atomic E-state index is 9.57. The molecule has 2 aliphatic heterocycles. The molecule has 7 aromatic carbocycles. The number of hydrogen-bond donors (Lipinski definition) is 0. The lowest BCUT2D eigenvalue weighted by Gasteiger charge is -2.26. The van der Waals surface area contributed by atoms with Crippen molar-refractivity contribution in [1.29, 1.82) is 10.5 Å². The fourth-order valence-electron chi connectivity index (χ4n) is 7.41. The first-order chi connectivity index (χ1) is 25.7. The van der Waals surface area contributed by atoms with Gasteiger partial charge in [0.15, 0.2) is 0 Å². The average Bonchev–Trinajstić information content (AvgIpc) is 3.66. The molecule has 0 fully saturated rings. The first-order valence-electron chi connectivity index (χ1n) is 17.2. The van der Waals surface area contributed by atoms with E-state index >= 15 is 0 Å². The predicted molar refractivity (Wildman–Crippen MR) is 210 cm³/mol. The first kappa shape index (κ1) is 30.8. The van der Waals surface area contributed by atoms with Crippen molar-refractivity contribution in [2.24, 2.45) is 5.10 Å². The highest BCUT2D eigenvalue weighted by Gasteiger charge is 2.31. The summed E-state index contributed by atoms with van der Waals surface area (Å²) in [5.41, 5.74) is 6.82. The summed E-state index contributed by atoms with van der Waals surface area (Å²) in [6.07, 6.45) is 8.08. The second-order valence-corrected chi connectivity index (χ2v) is 13.0. The summed E-state index contributed by atoms with van der Waals surface area (Å²) in [5.74, 6) is 1.11. The fourth-order valence-corrected chi connectivity index (χ4v) is 7.41. The Bertz CT molecular complexity index is 2710. The largest absolute Gasteiger partial charge is 0.457 e. The number of hydrazone groups is 1. The van der Waals surface area contributed by atoms with Crippen LogP contribution >= 0.6 is 0 Å². The second kappa shape index (κ2) is 12.9. The Kier molecular flexibility index (Phi) is 7.65. The molecular formula is C47H30N4O. The van der Waals surface area contributed by atoms with Crippen LogP contribution in [-0.2, 0) is 4.74 Å². The molecule has 0 amide bonds. The van der Waals surface area contributed by atoms with E-state index in [0.29, 0.717) is 17.1 Å². The zero-order chi connectivity index (χ0) is 35.0. The monoisotopic (exact) mass is 666 g/mol. The molecule has 9 rings (SSSR count). The number of hydrogen-bond acceptors (Lipinski definition) is 5. The second-order valence-electron chi connectivity index (χ2n) is 13.0. The smallest absolute Gasteiger partial charge is 0.137 e. The maximum atomic E-state index is 9.57. The average molecular weight is 667 g/mol. The Balaban J connectivity index is 1.07. The molecule has 2 aliphatic rings. The zero-order valence-electron chi connectivity index (χ0n) is 28.1. The summed E-state index contributed by atoms with van der Waals surface area (Å²) in [5, 5.41) is 34.2. The van der Waals surface area contributed by atoms with Gasteiger partial charge in [0, 0.05) is 17.6 Å². The van der Waals surface area contributed by atoms with Gasteiger partial charge in [0.25, 0.3) is 0 Å². The van der Waals surface area contributed by atoms with Gasteiger partial charge in [-0.2, -0.15) is 15.6 Å². The molecule has 0 N–H and O–H groups in total. The molecule has 1 unspecified atom stereocenters. The number of nitrogens with zero attached hydrogens (tertiary/aromatic N) is 4. The summed E-state index contributed by atoms with van der Waals surface area (Å²) in [7, 11) is 0. The Morgan fingerprint density at radius 3 is 2.02 bits per heavy atom. The van der Waals surface area contributed by atoms with Crippen LogP contribution in [0.1, 0.15) is 34.7 Å². The van der Waals surface area contributed by atoms with Crippen LogP contribution < -0.4 is 5.01 Å². The molecule has 244 valence electrons. The summed E-state index contributed by atoms with van der Waals surface area (Å²) >= 11 is 0. The third-order valence-electron chi connectivity index (χ3n) is 9.92. The highest BCUT2D eigenvalue weighted by molar-refractivity contribution is 6.23. The zero-order valence-corrected chi connectivity index (χ0v) is 28.1. The first-order valence-corrected chi connectivity index (χ1v) is 17.2. The van der Waals surface area contributed by atoms with Gasteiger partial charge in [-0.15, -0.1) is 0 Å².